The summed E-state index contributed by atoms with van der Waals surface area (Å²) in [4.78, 5) is 11.0. The number of ether oxygens (including phenoxy) is 1. The Morgan fingerprint density at radius 2 is 2.18 bits per heavy atom. The molecule has 0 fully saturated rings. The lowest BCUT2D eigenvalue weighted by atomic mass is 10.2. The average Bonchev–Trinajstić information content (AvgIpc) is 2.79. The summed E-state index contributed by atoms with van der Waals surface area (Å²) in [7, 11) is 0. The molecule has 1 aromatic heterocycles. The van der Waals surface area contributed by atoms with Crippen LogP contribution in [0.25, 0.3) is 0 Å². The lowest BCUT2D eigenvalue weighted by Gasteiger charge is -2.03. The van der Waals surface area contributed by atoms with Gasteiger partial charge >= 0.3 is 0 Å². The van der Waals surface area contributed by atoms with Crippen molar-refractivity contribution in [1.29, 1.82) is 5.26 Å². The fourth-order valence-corrected chi connectivity index (χ4v) is 1.90. The van der Waals surface area contributed by atoms with Crippen molar-refractivity contribution < 1.29 is 13.9 Å². The van der Waals surface area contributed by atoms with Gasteiger partial charge in [-0.05, 0) is 30.3 Å². The highest BCUT2D eigenvalue weighted by molar-refractivity contribution is 7.15. The Labute approximate surface area is 101 Å². The quantitative estimate of drug-likeness (QED) is 0.781. The van der Waals surface area contributed by atoms with Crippen molar-refractivity contribution in [2.75, 3.05) is 0 Å². The first kappa shape index (κ1) is 11.3. The Hall–Kier alpha value is -2.19. The smallest absolute Gasteiger partial charge is 0.181 e. The highest BCUT2D eigenvalue weighted by atomic mass is 32.1. The second kappa shape index (κ2) is 4.76. The molecule has 17 heavy (non-hydrogen) atoms. The van der Waals surface area contributed by atoms with E-state index < -0.39 is 5.82 Å². The normalized spacial score (nSPS) is 9.65. The van der Waals surface area contributed by atoms with Crippen LogP contribution in [-0.2, 0) is 0 Å². The first-order chi connectivity index (χ1) is 8.22. The predicted molar refractivity (Wildman–Crippen MR) is 60.9 cm³/mol. The largest absolute Gasteiger partial charge is 0.444 e. The molecular formula is C12H6FNO2S. The van der Waals surface area contributed by atoms with E-state index in [9.17, 15) is 9.18 Å². The topological polar surface area (TPSA) is 50.1 Å². The van der Waals surface area contributed by atoms with Gasteiger partial charge in [-0.1, -0.05) is 11.3 Å². The molecule has 84 valence electrons. The third kappa shape index (κ3) is 2.49. The summed E-state index contributed by atoms with van der Waals surface area (Å²) in [5.41, 5.74) is 0.231. The molecule has 0 saturated carbocycles. The van der Waals surface area contributed by atoms with Gasteiger partial charge in [0.2, 0.25) is 0 Å². The highest BCUT2D eigenvalue weighted by Gasteiger charge is 2.07. The van der Waals surface area contributed by atoms with Crippen LogP contribution in [-0.4, -0.2) is 6.29 Å². The molecule has 0 N–H and O–H groups in total. The number of benzene rings is 1. The van der Waals surface area contributed by atoms with Crippen molar-refractivity contribution in [2.45, 2.75) is 0 Å². The Balaban J connectivity index is 2.24. The van der Waals surface area contributed by atoms with E-state index in [1.807, 2.05) is 6.07 Å². The predicted octanol–water partition coefficient (Wildman–Crippen LogP) is 3.36. The van der Waals surface area contributed by atoms with Gasteiger partial charge in [-0.2, -0.15) is 5.26 Å². The number of nitriles is 1. The number of rotatable bonds is 3. The monoisotopic (exact) mass is 247 g/mol. The van der Waals surface area contributed by atoms with Crippen molar-refractivity contribution in [2.24, 2.45) is 0 Å². The molecule has 0 saturated heterocycles. The maximum Gasteiger partial charge on any atom is 0.181 e. The Morgan fingerprint density at radius 1 is 1.35 bits per heavy atom. The van der Waals surface area contributed by atoms with Gasteiger partial charge in [-0.25, -0.2) is 4.39 Å². The molecule has 0 amide bonds. The zero-order valence-corrected chi connectivity index (χ0v) is 9.33. The summed E-state index contributed by atoms with van der Waals surface area (Å²) < 4.78 is 18.7. The SMILES string of the molecule is N#Cc1ccc(Oc2ccc(C=O)s2)c(F)c1. The van der Waals surface area contributed by atoms with Crippen LogP contribution in [0.15, 0.2) is 30.3 Å². The van der Waals surface area contributed by atoms with Gasteiger partial charge in [0.1, 0.15) is 0 Å². The molecule has 2 aromatic rings. The van der Waals surface area contributed by atoms with Crippen LogP contribution in [0.5, 0.6) is 10.8 Å². The molecule has 1 heterocycles. The lowest BCUT2D eigenvalue weighted by molar-refractivity contribution is 0.112. The van der Waals surface area contributed by atoms with Crippen molar-refractivity contribution in [3.05, 3.63) is 46.6 Å². The molecule has 3 nitrogen and oxygen atoms in total. The fraction of sp³-hybridized carbons (Fsp3) is 0. The molecule has 0 unspecified atom stereocenters. The number of nitrogens with zero attached hydrogens (tertiary/aromatic N) is 1. The number of halogens is 1. The first-order valence-electron chi connectivity index (χ1n) is 4.65. The summed E-state index contributed by atoms with van der Waals surface area (Å²) in [5, 5.41) is 9.01. The highest BCUT2D eigenvalue weighted by Crippen LogP contribution is 2.30. The zero-order valence-electron chi connectivity index (χ0n) is 8.51. The van der Waals surface area contributed by atoms with Crippen LogP contribution in [0.2, 0.25) is 0 Å². The zero-order chi connectivity index (χ0) is 12.3. The van der Waals surface area contributed by atoms with Crippen molar-refractivity contribution in [3.8, 4) is 16.9 Å². The van der Waals surface area contributed by atoms with Crippen molar-refractivity contribution in [1.82, 2.24) is 0 Å². The number of hydrogen-bond donors (Lipinski definition) is 0. The Bertz CT molecular complexity index is 601. The summed E-state index contributed by atoms with van der Waals surface area (Å²) in [6.45, 7) is 0. The third-order valence-corrected chi connectivity index (χ3v) is 2.88. The molecule has 5 heteroatoms. The Morgan fingerprint density at radius 3 is 2.76 bits per heavy atom. The van der Waals surface area contributed by atoms with E-state index in [4.69, 9.17) is 10.00 Å². The van der Waals surface area contributed by atoms with Crippen LogP contribution in [0, 0.1) is 17.1 Å². The van der Waals surface area contributed by atoms with Crippen LogP contribution in [0.3, 0.4) is 0 Å². The Kier molecular flexibility index (Phi) is 3.17. The van der Waals surface area contributed by atoms with Gasteiger partial charge in [0, 0.05) is 0 Å². The number of aldehydes is 1. The molecule has 0 atom stereocenters. The van der Waals surface area contributed by atoms with Gasteiger partial charge < -0.3 is 4.74 Å². The second-order valence-electron chi connectivity index (χ2n) is 3.13. The van der Waals surface area contributed by atoms with E-state index in [0.29, 0.717) is 16.2 Å². The van der Waals surface area contributed by atoms with Crippen LogP contribution in [0.4, 0.5) is 4.39 Å². The van der Waals surface area contributed by atoms with E-state index in [1.165, 1.54) is 12.1 Å². The molecule has 0 radical (unpaired) electrons. The van der Waals surface area contributed by atoms with Crippen LogP contribution < -0.4 is 4.74 Å². The van der Waals surface area contributed by atoms with E-state index in [-0.39, 0.29) is 11.3 Å². The first-order valence-corrected chi connectivity index (χ1v) is 5.47. The van der Waals surface area contributed by atoms with E-state index in [1.54, 1.807) is 12.1 Å². The summed E-state index contributed by atoms with van der Waals surface area (Å²) in [5.74, 6) is -0.576. The van der Waals surface area contributed by atoms with Crippen LogP contribution in [0.1, 0.15) is 15.2 Å². The van der Waals surface area contributed by atoms with Crippen molar-refractivity contribution in [3.63, 3.8) is 0 Å². The van der Waals surface area contributed by atoms with Gasteiger partial charge in [-0.15, -0.1) is 0 Å². The maximum absolute atomic E-state index is 13.5. The summed E-state index contributed by atoms with van der Waals surface area (Å²) in [6, 6.07) is 8.96. The third-order valence-electron chi connectivity index (χ3n) is 1.99. The lowest BCUT2D eigenvalue weighted by Crippen LogP contribution is -1.87. The summed E-state index contributed by atoms with van der Waals surface area (Å²) in [6.07, 6.45) is 0.701. The van der Waals surface area contributed by atoms with E-state index >= 15 is 0 Å². The van der Waals surface area contributed by atoms with Crippen molar-refractivity contribution >= 4 is 17.6 Å². The number of thiophene rings is 1. The minimum Gasteiger partial charge on any atom is -0.444 e. The summed E-state index contributed by atoms with van der Waals surface area (Å²) >= 11 is 1.12. The second-order valence-corrected chi connectivity index (χ2v) is 4.21. The minimum absolute atomic E-state index is 0.0308. The molecule has 0 spiro atoms. The van der Waals surface area contributed by atoms with E-state index in [0.717, 1.165) is 17.4 Å². The maximum atomic E-state index is 13.5. The van der Waals surface area contributed by atoms with Gasteiger partial charge in [0.05, 0.1) is 16.5 Å². The molecule has 2 rings (SSSR count). The van der Waals surface area contributed by atoms with Gasteiger partial charge in [0.25, 0.3) is 0 Å². The number of carbonyl (C=O) groups is 1. The number of carbonyl (C=O) groups excluding carboxylic acids is 1. The van der Waals surface area contributed by atoms with Gasteiger partial charge in [-0.3, -0.25) is 4.79 Å². The molecule has 0 aliphatic rings. The minimum atomic E-state index is -0.606. The number of hydrogen-bond acceptors (Lipinski definition) is 4. The molecule has 1 aromatic carbocycles. The average molecular weight is 247 g/mol. The molecular weight excluding hydrogens is 241 g/mol. The standard InChI is InChI=1S/C12H6FNO2S/c13-10-5-8(6-14)1-3-11(10)16-12-4-2-9(7-15)17-12/h1-5,7H. The molecule has 0 aliphatic carbocycles. The van der Waals surface area contributed by atoms with Crippen LogP contribution >= 0.6 is 11.3 Å². The molecule has 0 aliphatic heterocycles. The van der Waals surface area contributed by atoms with Gasteiger partial charge in [0.15, 0.2) is 22.9 Å². The fourth-order valence-electron chi connectivity index (χ4n) is 1.21. The molecule has 0 bridgehead atoms. The van der Waals surface area contributed by atoms with E-state index in [2.05, 4.69) is 0 Å².